The standard InChI is InChI=1S/C24H38ClN/c1-6-7-8-20-13-15-26(16-14-20)23(17-19(2)3)18-24(4,5)21-9-11-22(25)12-10-21/h9-12,17,20,23H,6-8,13-16,18H2,1-5H3. The van der Waals surface area contributed by atoms with Gasteiger partial charge in [0.25, 0.3) is 0 Å². The predicted octanol–water partition coefficient (Wildman–Crippen LogP) is 7.24. The van der Waals surface area contributed by atoms with Crippen LogP contribution in [0.1, 0.15) is 78.7 Å². The quantitative estimate of drug-likeness (QED) is 0.432. The van der Waals surface area contributed by atoms with Gasteiger partial charge in [-0.2, -0.15) is 0 Å². The average molecular weight is 376 g/mol. The Hall–Kier alpha value is -0.790. The molecular weight excluding hydrogens is 338 g/mol. The molecule has 0 aromatic heterocycles. The number of allylic oxidation sites excluding steroid dienone is 1. The van der Waals surface area contributed by atoms with Gasteiger partial charge < -0.3 is 0 Å². The minimum atomic E-state index is 0.139. The third kappa shape index (κ3) is 6.43. The molecule has 0 saturated carbocycles. The van der Waals surface area contributed by atoms with Crippen LogP contribution in [0.3, 0.4) is 0 Å². The summed E-state index contributed by atoms with van der Waals surface area (Å²) in [6.45, 7) is 14.0. The third-order valence-electron chi connectivity index (χ3n) is 5.95. The number of halogens is 1. The van der Waals surface area contributed by atoms with Crippen molar-refractivity contribution in [1.82, 2.24) is 4.90 Å². The van der Waals surface area contributed by atoms with Crippen LogP contribution in [-0.2, 0) is 5.41 Å². The Morgan fingerprint density at radius 3 is 2.35 bits per heavy atom. The second-order valence-corrected chi connectivity index (χ2v) is 9.46. The van der Waals surface area contributed by atoms with Gasteiger partial charge in [0.1, 0.15) is 0 Å². The zero-order chi connectivity index (χ0) is 19.2. The van der Waals surface area contributed by atoms with E-state index in [4.69, 9.17) is 11.6 Å². The monoisotopic (exact) mass is 375 g/mol. The number of unbranched alkanes of at least 4 members (excludes halogenated alkanes) is 1. The summed E-state index contributed by atoms with van der Waals surface area (Å²) in [5.41, 5.74) is 2.95. The van der Waals surface area contributed by atoms with Crippen LogP contribution in [0.2, 0.25) is 5.02 Å². The van der Waals surface area contributed by atoms with Crippen LogP contribution in [0, 0.1) is 5.92 Å². The fourth-order valence-electron chi connectivity index (χ4n) is 4.29. The fraction of sp³-hybridized carbons (Fsp3) is 0.667. The maximum atomic E-state index is 6.09. The summed E-state index contributed by atoms with van der Waals surface area (Å²) in [6.07, 6.45) is 10.5. The minimum absolute atomic E-state index is 0.139. The first kappa shape index (κ1) is 21.5. The molecule has 1 aromatic carbocycles. The molecule has 0 N–H and O–H groups in total. The van der Waals surface area contributed by atoms with E-state index in [1.807, 2.05) is 12.1 Å². The van der Waals surface area contributed by atoms with Gasteiger partial charge in [-0.1, -0.05) is 75.4 Å². The van der Waals surface area contributed by atoms with E-state index in [-0.39, 0.29) is 5.41 Å². The zero-order valence-electron chi connectivity index (χ0n) is 17.5. The summed E-state index contributed by atoms with van der Waals surface area (Å²) in [7, 11) is 0. The molecule has 1 saturated heterocycles. The first-order valence-corrected chi connectivity index (χ1v) is 10.8. The van der Waals surface area contributed by atoms with Gasteiger partial charge in [-0.3, -0.25) is 4.90 Å². The van der Waals surface area contributed by atoms with E-state index in [1.54, 1.807) is 0 Å². The van der Waals surface area contributed by atoms with Gasteiger partial charge >= 0.3 is 0 Å². The van der Waals surface area contributed by atoms with E-state index < -0.39 is 0 Å². The Labute approximate surface area is 166 Å². The molecule has 1 unspecified atom stereocenters. The van der Waals surface area contributed by atoms with E-state index in [1.165, 1.54) is 56.3 Å². The van der Waals surface area contributed by atoms with Crippen molar-refractivity contribution in [3.05, 3.63) is 46.5 Å². The highest BCUT2D eigenvalue weighted by Crippen LogP contribution is 2.33. The topological polar surface area (TPSA) is 3.24 Å². The summed E-state index contributed by atoms with van der Waals surface area (Å²) in [6, 6.07) is 8.96. The maximum absolute atomic E-state index is 6.09. The molecule has 0 bridgehead atoms. The SMILES string of the molecule is CCCCC1CCN(C(C=C(C)C)CC(C)(C)c2ccc(Cl)cc2)CC1. The number of piperidine rings is 1. The number of hydrogen-bond donors (Lipinski definition) is 0. The molecule has 1 atom stereocenters. The number of rotatable bonds is 8. The molecule has 0 spiro atoms. The number of likely N-dealkylation sites (tertiary alicyclic amines) is 1. The minimum Gasteiger partial charge on any atom is -0.297 e. The van der Waals surface area contributed by atoms with Gasteiger partial charge in [-0.05, 0) is 75.2 Å². The summed E-state index contributed by atoms with van der Waals surface area (Å²) in [5.74, 6) is 0.947. The smallest absolute Gasteiger partial charge is 0.0406 e. The Morgan fingerprint density at radius 1 is 1.19 bits per heavy atom. The molecular formula is C24H38ClN. The highest BCUT2D eigenvalue weighted by molar-refractivity contribution is 6.30. The predicted molar refractivity (Wildman–Crippen MR) is 116 cm³/mol. The van der Waals surface area contributed by atoms with Crippen molar-refractivity contribution in [3.63, 3.8) is 0 Å². The normalized spacial score (nSPS) is 17.9. The second kappa shape index (κ2) is 9.95. The van der Waals surface area contributed by atoms with E-state index >= 15 is 0 Å². The maximum Gasteiger partial charge on any atom is 0.0406 e. The van der Waals surface area contributed by atoms with Gasteiger partial charge in [0.05, 0.1) is 0 Å². The summed E-state index contributed by atoms with van der Waals surface area (Å²) in [4.78, 5) is 2.73. The second-order valence-electron chi connectivity index (χ2n) is 9.03. The van der Waals surface area contributed by atoms with E-state index in [2.05, 4.69) is 57.7 Å². The van der Waals surface area contributed by atoms with Crippen LogP contribution in [0.4, 0.5) is 0 Å². The van der Waals surface area contributed by atoms with Crippen molar-refractivity contribution in [2.45, 2.75) is 84.6 Å². The van der Waals surface area contributed by atoms with Gasteiger partial charge in [-0.25, -0.2) is 0 Å². The molecule has 146 valence electrons. The van der Waals surface area contributed by atoms with Crippen LogP contribution >= 0.6 is 11.6 Å². The lowest BCUT2D eigenvalue weighted by molar-refractivity contribution is 0.132. The van der Waals surface area contributed by atoms with Crippen LogP contribution in [0.15, 0.2) is 35.9 Å². The molecule has 1 aromatic rings. The molecule has 1 aliphatic heterocycles. The average Bonchev–Trinajstić information content (AvgIpc) is 2.59. The molecule has 2 heteroatoms. The zero-order valence-corrected chi connectivity index (χ0v) is 18.3. The molecule has 0 amide bonds. The first-order valence-electron chi connectivity index (χ1n) is 10.5. The lowest BCUT2D eigenvalue weighted by atomic mass is 9.78. The third-order valence-corrected chi connectivity index (χ3v) is 6.21. The van der Waals surface area contributed by atoms with Crippen molar-refractivity contribution in [1.29, 1.82) is 0 Å². The molecule has 1 aliphatic rings. The molecule has 2 rings (SSSR count). The van der Waals surface area contributed by atoms with Gasteiger partial charge in [-0.15, -0.1) is 0 Å². The summed E-state index contributed by atoms with van der Waals surface area (Å²) in [5, 5.41) is 0.819. The largest absolute Gasteiger partial charge is 0.297 e. The summed E-state index contributed by atoms with van der Waals surface area (Å²) >= 11 is 6.09. The molecule has 1 fully saturated rings. The Bertz CT molecular complexity index is 560. The number of hydrogen-bond acceptors (Lipinski definition) is 1. The van der Waals surface area contributed by atoms with Crippen LogP contribution in [0.5, 0.6) is 0 Å². The molecule has 1 heterocycles. The molecule has 0 aliphatic carbocycles. The van der Waals surface area contributed by atoms with Crippen molar-refractivity contribution < 1.29 is 0 Å². The lowest BCUT2D eigenvalue weighted by Crippen LogP contribution is -2.43. The van der Waals surface area contributed by atoms with Crippen LogP contribution in [0.25, 0.3) is 0 Å². The Balaban J connectivity index is 2.06. The Morgan fingerprint density at radius 2 is 1.81 bits per heavy atom. The van der Waals surface area contributed by atoms with E-state index in [0.29, 0.717) is 6.04 Å². The molecule has 26 heavy (non-hydrogen) atoms. The van der Waals surface area contributed by atoms with E-state index in [9.17, 15) is 0 Å². The fourth-order valence-corrected chi connectivity index (χ4v) is 4.41. The first-order chi connectivity index (χ1) is 12.3. The number of nitrogens with zero attached hydrogens (tertiary/aromatic N) is 1. The molecule has 0 radical (unpaired) electrons. The highest BCUT2D eigenvalue weighted by atomic mass is 35.5. The lowest BCUT2D eigenvalue weighted by Gasteiger charge is -2.40. The Kier molecular flexibility index (Phi) is 8.23. The van der Waals surface area contributed by atoms with Crippen LogP contribution < -0.4 is 0 Å². The van der Waals surface area contributed by atoms with Gasteiger partial charge in [0.15, 0.2) is 0 Å². The highest BCUT2D eigenvalue weighted by Gasteiger charge is 2.30. The van der Waals surface area contributed by atoms with Crippen LogP contribution in [-0.4, -0.2) is 24.0 Å². The molecule has 1 nitrogen and oxygen atoms in total. The van der Waals surface area contributed by atoms with Gasteiger partial charge in [0.2, 0.25) is 0 Å². The van der Waals surface area contributed by atoms with Crippen molar-refractivity contribution in [2.75, 3.05) is 13.1 Å². The van der Waals surface area contributed by atoms with E-state index in [0.717, 1.165) is 17.4 Å². The summed E-state index contributed by atoms with van der Waals surface area (Å²) < 4.78 is 0. The number of benzene rings is 1. The van der Waals surface area contributed by atoms with Crippen molar-refractivity contribution in [2.24, 2.45) is 5.92 Å². The van der Waals surface area contributed by atoms with Gasteiger partial charge in [0, 0.05) is 11.1 Å². The van der Waals surface area contributed by atoms with Crippen molar-refractivity contribution >= 4 is 11.6 Å². The van der Waals surface area contributed by atoms with Crippen molar-refractivity contribution in [3.8, 4) is 0 Å².